The van der Waals surface area contributed by atoms with Crippen molar-refractivity contribution in [1.29, 1.82) is 0 Å². The maximum absolute atomic E-state index is 13.1. The number of hydrogen-bond acceptors (Lipinski definition) is 5. The molecule has 13 rings (SSSR count). The first-order valence-corrected chi connectivity index (χ1v) is 31.8. The Morgan fingerprint density at radius 3 is 1.12 bits per heavy atom. The number of rotatable bonds is 22. The third-order valence-corrected chi connectivity index (χ3v) is 20.6. The molecule has 418 valence electrons. The smallest absolute Gasteiger partial charge is 0.127 e. The van der Waals surface area contributed by atoms with Crippen molar-refractivity contribution in [2.75, 3.05) is 13.2 Å². The van der Waals surface area contributed by atoms with Gasteiger partial charge in [0, 0.05) is 33.4 Å². The average Bonchev–Trinajstić information content (AvgIpc) is 3.47. The van der Waals surface area contributed by atoms with Crippen LogP contribution in [-0.2, 0) is 21.7 Å². The Balaban J connectivity index is 1.03. The third-order valence-electron chi connectivity index (χ3n) is 20.6. The SMILES string of the molecule is CCCCCCCCOc1ccc(-c2cccc(-c3ccc(OCCCCCCCC)cc3-c3cc(C(C)(C)C)cc(C45CC6CC(CC(C6)C4)C5)c3O)n2)c(-c2cc(C(C)(C)C)cc(C34CC5CC(CC(C5)C3)C4)c2O)c1. The van der Waals surface area contributed by atoms with Crippen LogP contribution < -0.4 is 9.47 Å². The molecule has 8 fully saturated rings. The summed E-state index contributed by atoms with van der Waals surface area (Å²) in [5, 5.41) is 26.2. The number of hydrogen-bond donors (Lipinski definition) is 2. The van der Waals surface area contributed by atoms with Crippen LogP contribution in [0.4, 0.5) is 0 Å². The molecule has 5 nitrogen and oxygen atoms in total. The Hall–Kier alpha value is -4.77. The van der Waals surface area contributed by atoms with Gasteiger partial charge in [0.2, 0.25) is 0 Å². The zero-order valence-electron chi connectivity index (χ0n) is 49.5. The van der Waals surface area contributed by atoms with Crippen LogP contribution in [0.2, 0.25) is 0 Å². The summed E-state index contributed by atoms with van der Waals surface area (Å²) in [7, 11) is 0. The highest BCUT2D eigenvalue weighted by atomic mass is 16.5. The number of pyridine rings is 1. The highest BCUT2D eigenvalue weighted by Crippen LogP contribution is 2.65. The molecule has 0 atom stereocenters. The summed E-state index contributed by atoms with van der Waals surface area (Å²) in [5.41, 5.74) is 12.0. The van der Waals surface area contributed by atoms with Crippen LogP contribution >= 0.6 is 0 Å². The Bertz CT molecular complexity index is 2650. The second-order valence-electron chi connectivity index (χ2n) is 28.8. The van der Waals surface area contributed by atoms with E-state index in [1.54, 1.807) is 0 Å². The van der Waals surface area contributed by atoms with Crippen LogP contribution in [0.25, 0.3) is 44.8 Å². The lowest BCUT2D eigenvalue weighted by Gasteiger charge is -2.57. The number of ether oxygens (including phenoxy) is 2. The molecule has 8 saturated carbocycles. The molecule has 5 heteroatoms. The van der Waals surface area contributed by atoms with Crippen LogP contribution in [0.5, 0.6) is 23.0 Å². The normalized spacial score (nSPS) is 26.0. The zero-order chi connectivity index (χ0) is 54.4. The first kappa shape index (κ1) is 55.2. The fourth-order valence-electron chi connectivity index (χ4n) is 17.2. The molecule has 8 bridgehead atoms. The van der Waals surface area contributed by atoms with Crippen LogP contribution in [-0.4, -0.2) is 28.4 Å². The van der Waals surface area contributed by atoms with Crippen LogP contribution in [0, 0.1) is 35.5 Å². The minimum atomic E-state index is -0.129. The van der Waals surface area contributed by atoms with Crippen LogP contribution in [0.1, 0.15) is 232 Å². The van der Waals surface area contributed by atoms with Crippen molar-refractivity contribution >= 4 is 0 Å². The molecule has 0 radical (unpaired) electrons. The van der Waals surface area contributed by atoms with Gasteiger partial charge in [0.05, 0.1) is 24.6 Å². The molecule has 0 spiro atoms. The molecule has 1 heterocycles. The molecular formula is C73H97NO4. The molecule has 5 aromatic rings. The fraction of sp³-hybridized carbons (Fsp3) is 0.603. The molecule has 2 N–H and O–H groups in total. The van der Waals surface area contributed by atoms with Crippen molar-refractivity contribution in [2.24, 2.45) is 35.5 Å². The molecule has 0 saturated heterocycles. The monoisotopic (exact) mass is 1050 g/mol. The molecule has 0 aliphatic heterocycles. The van der Waals surface area contributed by atoms with Gasteiger partial charge in [0.15, 0.2) is 0 Å². The van der Waals surface area contributed by atoms with E-state index in [4.69, 9.17) is 14.5 Å². The van der Waals surface area contributed by atoms with Crippen molar-refractivity contribution in [3.05, 3.63) is 101 Å². The van der Waals surface area contributed by atoms with E-state index in [9.17, 15) is 10.2 Å². The van der Waals surface area contributed by atoms with Crippen molar-refractivity contribution in [3.63, 3.8) is 0 Å². The number of aromatic hydroxyl groups is 2. The maximum atomic E-state index is 13.1. The van der Waals surface area contributed by atoms with Crippen molar-refractivity contribution in [2.45, 2.75) is 231 Å². The largest absolute Gasteiger partial charge is 0.507 e. The van der Waals surface area contributed by atoms with E-state index in [-0.39, 0.29) is 21.7 Å². The summed E-state index contributed by atoms with van der Waals surface area (Å²) < 4.78 is 13.3. The molecule has 0 amide bonds. The maximum Gasteiger partial charge on any atom is 0.127 e. The standard InChI is InChI=1S/C73H97NO4/c1-9-11-13-15-17-19-28-77-56-24-26-58(60(40-56)62-36-54(70(3,4)5)38-64(68(62)75)72-42-48-30-49(43-72)32-50(31-48)44-72)66-22-21-23-67(74-66)59-27-25-57(78-29-20-18-16-14-12-10-2)41-61(59)63-37-55(71(6,7)8)39-65(69(63)76)73-45-51-33-52(46-73)35-53(34-51)47-73/h21-27,36-41,48-53,75-76H,9-20,28-35,42-47H2,1-8H3. The molecule has 1 aromatic heterocycles. The van der Waals surface area contributed by atoms with Gasteiger partial charge in [-0.3, -0.25) is 0 Å². The number of nitrogens with zero attached hydrogens (tertiary/aromatic N) is 1. The van der Waals surface area contributed by atoms with E-state index in [0.717, 1.165) is 105 Å². The molecule has 4 aromatic carbocycles. The predicted octanol–water partition coefficient (Wildman–Crippen LogP) is 20.2. The van der Waals surface area contributed by atoms with Gasteiger partial charge in [-0.25, -0.2) is 4.98 Å². The number of aromatic nitrogens is 1. The van der Waals surface area contributed by atoms with E-state index in [0.29, 0.717) is 24.7 Å². The van der Waals surface area contributed by atoms with Gasteiger partial charge in [-0.05, 0) is 230 Å². The van der Waals surface area contributed by atoms with Crippen molar-refractivity contribution in [3.8, 4) is 67.8 Å². The summed E-state index contributed by atoms with van der Waals surface area (Å²) in [6.07, 6.45) is 29.7. The third kappa shape index (κ3) is 11.4. The summed E-state index contributed by atoms with van der Waals surface area (Å²) in [6, 6.07) is 28.9. The summed E-state index contributed by atoms with van der Waals surface area (Å²) in [6.45, 7) is 19.8. The lowest BCUT2D eigenvalue weighted by Crippen LogP contribution is -2.48. The van der Waals surface area contributed by atoms with E-state index in [2.05, 4.69) is 134 Å². The zero-order valence-corrected chi connectivity index (χ0v) is 49.5. The second-order valence-corrected chi connectivity index (χ2v) is 28.8. The quantitative estimate of drug-likeness (QED) is 0.0676. The Morgan fingerprint density at radius 2 is 0.769 bits per heavy atom. The Kier molecular flexibility index (Phi) is 16.0. The van der Waals surface area contributed by atoms with Gasteiger partial charge in [0.25, 0.3) is 0 Å². The molecule has 8 aliphatic carbocycles. The van der Waals surface area contributed by atoms with E-state index in [1.165, 1.54) is 164 Å². The second kappa shape index (κ2) is 22.6. The van der Waals surface area contributed by atoms with Crippen molar-refractivity contribution < 1.29 is 19.7 Å². The lowest BCUT2D eigenvalue weighted by molar-refractivity contribution is -0.00631. The first-order valence-electron chi connectivity index (χ1n) is 31.8. The molecule has 78 heavy (non-hydrogen) atoms. The van der Waals surface area contributed by atoms with Gasteiger partial charge in [-0.1, -0.05) is 138 Å². The minimum absolute atomic E-state index is 0.00534. The summed E-state index contributed by atoms with van der Waals surface area (Å²) >= 11 is 0. The lowest BCUT2D eigenvalue weighted by atomic mass is 9.47. The number of phenolic OH excluding ortho intramolecular Hbond substituents is 2. The number of benzene rings is 4. The van der Waals surface area contributed by atoms with Gasteiger partial charge >= 0.3 is 0 Å². The Labute approximate surface area is 471 Å². The van der Waals surface area contributed by atoms with Crippen molar-refractivity contribution in [1.82, 2.24) is 4.98 Å². The van der Waals surface area contributed by atoms with Crippen LogP contribution in [0.15, 0.2) is 78.9 Å². The molecular weight excluding hydrogens is 955 g/mol. The highest BCUT2D eigenvalue weighted by Gasteiger charge is 2.54. The summed E-state index contributed by atoms with van der Waals surface area (Å²) in [4.78, 5) is 5.68. The molecule has 0 unspecified atom stereocenters. The Morgan fingerprint density at radius 1 is 0.423 bits per heavy atom. The summed E-state index contributed by atoms with van der Waals surface area (Å²) in [5.74, 6) is 7.08. The van der Waals surface area contributed by atoms with Gasteiger partial charge in [0.1, 0.15) is 23.0 Å². The number of unbranched alkanes of at least 4 members (excludes halogenated alkanes) is 10. The highest BCUT2D eigenvalue weighted by molar-refractivity contribution is 5.90. The predicted molar refractivity (Wildman–Crippen MR) is 324 cm³/mol. The average molecular weight is 1050 g/mol. The van der Waals surface area contributed by atoms with E-state index in [1.807, 2.05) is 0 Å². The topological polar surface area (TPSA) is 71.8 Å². The van der Waals surface area contributed by atoms with Crippen LogP contribution in [0.3, 0.4) is 0 Å². The number of phenols is 2. The minimum Gasteiger partial charge on any atom is -0.507 e. The van der Waals surface area contributed by atoms with E-state index >= 15 is 0 Å². The van der Waals surface area contributed by atoms with E-state index < -0.39 is 0 Å². The van der Waals surface area contributed by atoms with Gasteiger partial charge in [-0.15, -0.1) is 0 Å². The molecule has 8 aliphatic rings. The first-order chi connectivity index (χ1) is 37.5. The van der Waals surface area contributed by atoms with Gasteiger partial charge < -0.3 is 19.7 Å². The van der Waals surface area contributed by atoms with Gasteiger partial charge in [-0.2, -0.15) is 0 Å². The fourth-order valence-corrected chi connectivity index (χ4v) is 17.2.